The van der Waals surface area contributed by atoms with Crippen LogP contribution in [0, 0.1) is 0 Å². The minimum Gasteiger partial charge on any atom is -0.490 e. The van der Waals surface area contributed by atoms with Gasteiger partial charge in [0.2, 0.25) is 5.95 Å². The second-order valence-corrected chi connectivity index (χ2v) is 7.12. The Morgan fingerprint density at radius 3 is 2.83 bits per heavy atom. The molecule has 1 atom stereocenters. The Hall–Kier alpha value is -2.94. The van der Waals surface area contributed by atoms with Crippen molar-refractivity contribution in [1.82, 2.24) is 14.8 Å². The number of ether oxygens (including phenoxy) is 2. The van der Waals surface area contributed by atoms with E-state index >= 15 is 0 Å². The van der Waals surface area contributed by atoms with Gasteiger partial charge in [0.25, 0.3) is 0 Å². The third kappa shape index (κ3) is 4.09. The fourth-order valence-corrected chi connectivity index (χ4v) is 3.57. The van der Waals surface area contributed by atoms with E-state index in [1.807, 2.05) is 30.3 Å². The largest absolute Gasteiger partial charge is 0.490 e. The Morgan fingerprint density at radius 1 is 1.21 bits per heavy atom. The molecule has 0 spiro atoms. The number of nitrogens with zero attached hydrogens (tertiary/aromatic N) is 3. The zero-order chi connectivity index (χ0) is 20.4. The van der Waals surface area contributed by atoms with Gasteiger partial charge in [0.15, 0.2) is 11.5 Å². The van der Waals surface area contributed by atoms with E-state index < -0.39 is 6.61 Å². The van der Waals surface area contributed by atoms with Crippen molar-refractivity contribution in [3.05, 3.63) is 70.5 Å². The van der Waals surface area contributed by atoms with Crippen LogP contribution in [0.4, 0.5) is 14.7 Å². The van der Waals surface area contributed by atoms with Gasteiger partial charge >= 0.3 is 6.61 Å². The minimum absolute atomic E-state index is 0.00505. The lowest BCUT2D eigenvalue weighted by atomic mass is 10.0. The summed E-state index contributed by atoms with van der Waals surface area (Å²) in [5.74, 6) is 0.829. The molecule has 9 heteroatoms. The summed E-state index contributed by atoms with van der Waals surface area (Å²) in [5.41, 5.74) is 2.64. The van der Waals surface area contributed by atoms with Crippen molar-refractivity contribution in [2.75, 3.05) is 11.9 Å². The number of halogens is 3. The van der Waals surface area contributed by atoms with Gasteiger partial charge in [0, 0.05) is 10.2 Å². The van der Waals surface area contributed by atoms with E-state index in [4.69, 9.17) is 4.74 Å². The molecule has 1 aromatic heterocycles. The number of rotatable bonds is 6. The van der Waals surface area contributed by atoms with E-state index in [1.54, 1.807) is 23.7 Å². The molecule has 29 heavy (non-hydrogen) atoms. The number of alkyl halides is 2. The maximum absolute atomic E-state index is 12.7. The highest BCUT2D eigenvalue weighted by Gasteiger charge is 2.25. The first-order valence-corrected chi connectivity index (χ1v) is 9.70. The molecule has 3 aromatic rings. The quantitative estimate of drug-likeness (QED) is 0.552. The van der Waals surface area contributed by atoms with Crippen LogP contribution < -0.4 is 14.8 Å². The Morgan fingerprint density at radius 2 is 2.07 bits per heavy atom. The van der Waals surface area contributed by atoms with Crippen molar-refractivity contribution in [3.8, 4) is 11.5 Å². The SMILES string of the molecule is CCOc1cc([C@@H]2C=C(c3cccc(Br)c3)Nc3ncnn32)ccc1OC(F)F. The van der Waals surface area contributed by atoms with Crippen LogP contribution >= 0.6 is 15.9 Å². The highest BCUT2D eigenvalue weighted by molar-refractivity contribution is 9.10. The van der Waals surface area contributed by atoms with Crippen LogP contribution in [0.25, 0.3) is 5.70 Å². The zero-order valence-electron chi connectivity index (χ0n) is 15.3. The summed E-state index contributed by atoms with van der Waals surface area (Å²) >= 11 is 3.49. The maximum Gasteiger partial charge on any atom is 0.387 e. The normalized spacial score (nSPS) is 15.5. The number of hydrogen-bond donors (Lipinski definition) is 1. The second kappa shape index (κ2) is 8.20. The standard InChI is InChI=1S/C20H17BrF2N4O2/c1-2-28-18-9-13(6-7-17(18)29-19(22)23)16-10-15(12-4-3-5-14(21)8-12)26-20-24-11-25-27(16)20/h3-11,16,19H,2H2,1H3,(H,24,25,26)/t16-/m0/s1. The van der Waals surface area contributed by atoms with E-state index in [1.165, 1.54) is 12.4 Å². The molecular weight excluding hydrogens is 446 g/mol. The monoisotopic (exact) mass is 462 g/mol. The van der Waals surface area contributed by atoms with Gasteiger partial charge < -0.3 is 14.8 Å². The summed E-state index contributed by atoms with van der Waals surface area (Å²) in [5, 5.41) is 7.58. The van der Waals surface area contributed by atoms with E-state index in [-0.39, 0.29) is 17.5 Å². The summed E-state index contributed by atoms with van der Waals surface area (Å²) in [4.78, 5) is 4.28. The van der Waals surface area contributed by atoms with Crippen LogP contribution in [0.15, 0.2) is 59.3 Å². The first-order chi connectivity index (χ1) is 14.0. The van der Waals surface area contributed by atoms with Crippen molar-refractivity contribution in [2.45, 2.75) is 19.6 Å². The molecule has 6 nitrogen and oxygen atoms in total. The number of fused-ring (bicyclic) bond motifs is 1. The zero-order valence-corrected chi connectivity index (χ0v) is 16.9. The summed E-state index contributed by atoms with van der Waals surface area (Å²) < 4.78 is 38.2. The van der Waals surface area contributed by atoms with E-state index in [0.29, 0.717) is 12.6 Å². The summed E-state index contributed by atoms with van der Waals surface area (Å²) in [6, 6.07) is 12.5. The number of allylic oxidation sites excluding steroid dienone is 1. The predicted molar refractivity (Wildman–Crippen MR) is 108 cm³/mol. The Balaban J connectivity index is 1.77. The summed E-state index contributed by atoms with van der Waals surface area (Å²) in [6.07, 6.45) is 3.47. The number of aromatic nitrogens is 3. The molecule has 0 amide bonds. The lowest BCUT2D eigenvalue weighted by Gasteiger charge is -2.25. The third-order valence-electron chi connectivity index (χ3n) is 4.37. The number of hydrogen-bond acceptors (Lipinski definition) is 5. The third-order valence-corrected chi connectivity index (χ3v) is 4.86. The smallest absolute Gasteiger partial charge is 0.387 e. The molecule has 1 aliphatic rings. The van der Waals surface area contributed by atoms with E-state index in [0.717, 1.165) is 21.3 Å². The Labute approximate surface area is 174 Å². The van der Waals surface area contributed by atoms with Gasteiger partial charge in [-0.05, 0) is 48.4 Å². The molecule has 1 aliphatic heterocycles. The molecule has 150 valence electrons. The summed E-state index contributed by atoms with van der Waals surface area (Å²) in [6.45, 7) is -0.823. The minimum atomic E-state index is -2.93. The fraction of sp³-hybridized carbons (Fsp3) is 0.200. The highest BCUT2D eigenvalue weighted by Crippen LogP contribution is 2.37. The van der Waals surface area contributed by atoms with Crippen molar-refractivity contribution in [2.24, 2.45) is 0 Å². The van der Waals surface area contributed by atoms with Crippen molar-refractivity contribution in [1.29, 1.82) is 0 Å². The molecule has 0 radical (unpaired) electrons. The molecular formula is C20H17BrF2N4O2. The van der Waals surface area contributed by atoms with Crippen molar-refractivity contribution >= 4 is 27.6 Å². The van der Waals surface area contributed by atoms with E-state index in [2.05, 4.69) is 36.1 Å². The predicted octanol–water partition coefficient (Wildman–Crippen LogP) is 5.10. The lowest BCUT2D eigenvalue weighted by molar-refractivity contribution is -0.0514. The molecule has 2 aromatic carbocycles. The van der Waals surface area contributed by atoms with Crippen LogP contribution in [0.5, 0.6) is 11.5 Å². The van der Waals surface area contributed by atoms with Crippen molar-refractivity contribution in [3.63, 3.8) is 0 Å². The maximum atomic E-state index is 12.7. The molecule has 0 bridgehead atoms. The van der Waals surface area contributed by atoms with E-state index in [9.17, 15) is 8.78 Å². The molecule has 0 fully saturated rings. The van der Waals surface area contributed by atoms with Crippen LogP contribution in [0.2, 0.25) is 0 Å². The van der Waals surface area contributed by atoms with Gasteiger partial charge in [-0.3, -0.25) is 0 Å². The Kier molecular flexibility index (Phi) is 5.48. The topological polar surface area (TPSA) is 61.2 Å². The molecule has 4 rings (SSSR count). The van der Waals surface area contributed by atoms with Crippen LogP contribution in [0.1, 0.15) is 24.1 Å². The van der Waals surface area contributed by atoms with Gasteiger partial charge in [-0.2, -0.15) is 18.9 Å². The average Bonchev–Trinajstić information content (AvgIpc) is 3.17. The lowest BCUT2D eigenvalue weighted by Crippen LogP contribution is -2.20. The van der Waals surface area contributed by atoms with Gasteiger partial charge in [0.1, 0.15) is 12.4 Å². The Bertz CT molecular complexity index is 1050. The molecule has 2 heterocycles. The highest BCUT2D eigenvalue weighted by atomic mass is 79.9. The van der Waals surface area contributed by atoms with Gasteiger partial charge in [-0.25, -0.2) is 4.68 Å². The average molecular weight is 463 g/mol. The van der Waals surface area contributed by atoms with Crippen molar-refractivity contribution < 1.29 is 18.3 Å². The van der Waals surface area contributed by atoms with Crippen LogP contribution in [0.3, 0.4) is 0 Å². The molecule has 0 saturated carbocycles. The van der Waals surface area contributed by atoms with Gasteiger partial charge in [0.05, 0.1) is 6.61 Å². The summed E-state index contributed by atoms with van der Waals surface area (Å²) in [7, 11) is 0. The number of anilines is 1. The fourth-order valence-electron chi connectivity index (χ4n) is 3.17. The van der Waals surface area contributed by atoms with Gasteiger partial charge in [-0.1, -0.05) is 34.1 Å². The first kappa shape index (κ1) is 19.4. The first-order valence-electron chi connectivity index (χ1n) is 8.91. The molecule has 1 N–H and O–H groups in total. The molecule has 0 saturated heterocycles. The molecule has 0 aliphatic carbocycles. The van der Waals surface area contributed by atoms with Crippen LogP contribution in [-0.4, -0.2) is 28.0 Å². The number of benzene rings is 2. The van der Waals surface area contributed by atoms with Gasteiger partial charge in [-0.15, -0.1) is 0 Å². The number of nitrogens with one attached hydrogen (secondary N) is 1. The molecule has 0 unspecified atom stereocenters. The van der Waals surface area contributed by atoms with Crippen LogP contribution in [-0.2, 0) is 0 Å². The second-order valence-electron chi connectivity index (χ2n) is 6.21.